The number of thiophene rings is 1. The molecule has 6 heteroatoms. The van der Waals surface area contributed by atoms with Gasteiger partial charge in [0.05, 0.1) is 27.6 Å². The van der Waals surface area contributed by atoms with E-state index < -0.39 is 0 Å². The molecule has 13 rings (SSSR count). The molecule has 0 aliphatic carbocycles. The van der Waals surface area contributed by atoms with Crippen LogP contribution < -0.4 is 0 Å². The van der Waals surface area contributed by atoms with Crippen molar-refractivity contribution in [1.82, 2.24) is 23.9 Å². The summed E-state index contributed by atoms with van der Waals surface area (Å²) in [5.74, 6) is 1.84. The van der Waals surface area contributed by atoms with Gasteiger partial charge in [-0.05, 0) is 40.4 Å². The molecule has 0 aliphatic rings. The van der Waals surface area contributed by atoms with Crippen LogP contribution in [0.1, 0.15) is 0 Å². The van der Waals surface area contributed by atoms with E-state index in [9.17, 15) is 0 Å². The molecule has 0 amide bonds. The molecule has 0 saturated heterocycles. The van der Waals surface area contributed by atoms with Crippen molar-refractivity contribution in [3.8, 4) is 28.7 Å². The molecule has 264 valence electrons. The summed E-state index contributed by atoms with van der Waals surface area (Å²) in [5, 5.41) is 12.2. The fraction of sp³-hybridized carbons (Fsp3) is 0. The van der Waals surface area contributed by atoms with Gasteiger partial charge in [-0.1, -0.05) is 152 Å². The summed E-state index contributed by atoms with van der Waals surface area (Å²) in [6.07, 6.45) is 0. The van der Waals surface area contributed by atoms with Crippen molar-refractivity contribution >= 4 is 102 Å². The summed E-state index contributed by atoms with van der Waals surface area (Å²) >= 11 is 1.87. The van der Waals surface area contributed by atoms with Gasteiger partial charge < -0.3 is 4.40 Å². The van der Waals surface area contributed by atoms with E-state index in [1.165, 1.54) is 63.5 Å². The molecule has 57 heavy (non-hydrogen) atoms. The Bertz CT molecular complexity index is 3750. The van der Waals surface area contributed by atoms with E-state index in [0.717, 1.165) is 38.4 Å². The summed E-state index contributed by atoms with van der Waals surface area (Å²) in [6, 6.07) is 63.0. The van der Waals surface area contributed by atoms with Gasteiger partial charge in [0.25, 0.3) is 0 Å². The Morgan fingerprint density at radius 3 is 1.54 bits per heavy atom. The van der Waals surface area contributed by atoms with Crippen LogP contribution in [0.25, 0.3) is 120 Å². The Morgan fingerprint density at radius 1 is 0.333 bits per heavy atom. The normalized spacial score (nSPS) is 12.2. The highest BCUT2D eigenvalue weighted by atomic mass is 32.1. The number of aromatic nitrogens is 5. The van der Waals surface area contributed by atoms with Gasteiger partial charge in [-0.2, -0.15) is 9.97 Å². The number of rotatable bonds is 3. The van der Waals surface area contributed by atoms with E-state index in [1.807, 2.05) is 47.7 Å². The predicted octanol–water partition coefficient (Wildman–Crippen LogP) is 13.5. The van der Waals surface area contributed by atoms with E-state index in [2.05, 4.69) is 148 Å². The van der Waals surface area contributed by atoms with E-state index >= 15 is 0 Å². The third-order valence-corrected chi connectivity index (χ3v) is 12.8. The van der Waals surface area contributed by atoms with Gasteiger partial charge in [-0.3, -0.25) is 4.57 Å². The molecule has 0 radical (unpaired) electrons. The number of fused-ring (bicyclic) bond motifs is 11. The lowest BCUT2D eigenvalue weighted by molar-refractivity contribution is 0.954. The zero-order chi connectivity index (χ0) is 37.2. The van der Waals surface area contributed by atoms with E-state index in [1.54, 1.807) is 0 Å². The highest BCUT2D eigenvalue weighted by Crippen LogP contribution is 2.46. The van der Waals surface area contributed by atoms with Gasteiger partial charge in [0, 0.05) is 58.2 Å². The molecule has 5 aromatic heterocycles. The molecule has 0 spiro atoms. The van der Waals surface area contributed by atoms with E-state index in [4.69, 9.17) is 15.0 Å². The Hall–Kier alpha value is -7.41. The lowest BCUT2D eigenvalue weighted by Gasteiger charge is -2.12. The van der Waals surface area contributed by atoms with Gasteiger partial charge >= 0.3 is 0 Å². The number of para-hydroxylation sites is 2. The average Bonchev–Trinajstić information content (AvgIpc) is 3.95. The van der Waals surface area contributed by atoms with Crippen LogP contribution in [0.4, 0.5) is 0 Å². The Kier molecular flexibility index (Phi) is 6.26. The number of hydrogen-bond acceptors (Lipinski definition) is 4. The van der Waals surface area contributed by atoms with Crippen LogP contribution in [-0.4, -0.2) is 23.9 Å². The van der Waals surface area contributed by atoms with Crippen molar-refractivity contribution in [3.05, 3.63) is 176 Å². The van der Waals surface area contributed by atoms with Crippen LogP contribution >= 0.6 is 11.3 Å². The van der Waals surface area contributed by atoms with E-state index in [0.29, 0.717) is 17.6 Å². The van der Waals surface area contributed by atoms with Crippen molar-refractivity contribution < 1.29 is 0 Å². The molecule has 0 saturated carbocycles. The first-order chi connectivity index (χ1) is 28.3. The third kappa shape index (κ3) is 4.25. The second-order valence-corrected chi connectivity index (χ2v) is 15.8. The molecule has 5 nitrogen and oxygen atoms in total. The number of nitrogens with zero attached hydrogens (tertiary/aromatic N) is 5. The summed E-state index contributed by atoms with van der Waals surface area (Å²) in [6.45, 7) is 0. The second kappa shape index (κ2) is 11.6. The van der Waals surface area contributed by atoms with Gasteiger partial charge in [-0.25, -0.2) is 4.98 Å². The minimum atomic E-state index is 0.578. The Balaban J connectivity index is 1.32. The maximum atomic E-state index is 5.32. The first-order valence-corrected chi connectivity index (χ1v) is 20.0. The number of hydrogen-bond donors (Lipinski definition) is 0. The smallest absolute Gasteiger partial charge is 0.238 e. The zero-order valence-electron chi connectivity index (χ0n) is 30.4. The van der Waals surface area contributed by atoms with Crippen molar-refractivity contribution in [2.24, 2.45) is 0 Å². The van der Waals surface area contributed by atoms with Crippen molar-refractivity contribution in [3.63, 3.8) is 0 Å². The van der Waals surface area contributed by atoms with Crippen LogP contribution in [-0.2, 0) is 0 Å². The molecular formula is C51H29N5S. The second-order valence-electron chi connectivity index (χ2n) is 14.7. The van der Waals surface area contributed by atoms with E-state index in [-0.39, 0.29) is 0 Å². The van der Waals surface area contributed by atoms with Gasteiger partial charge in [0.15, 0.2) is 11.6 Å². The van der Waals surface area contributed by atoms with Crippen LogP contribution in [0.3, 0.4) is 0 Å². The lowest BCUT2D eigenvalue weighted by atomic mass is 10.0. The largest absolute Gasteiger partial charge is 0.306 e. The lowest BCUT2D eigenvalue weighted by Crippen LogP contribution is -2.06. The minimum absolute atomic E-state index is 0.578. The summed E-state index contributed by atoms with van der Waals surface area (Å²) in [5.41, 5.74) is 7.45. The minimum Gasteiger partial charge on any atom is -0.306 e. The third-order valence-electron chi connectivity index (χ3n) is 11.7. The predicted molar refractivity (Wildman–Crippen MR) is 239 cm³/mol. The van der Waals surface area contributed by atoms with Crippen LogP contribution in [0.5, 0.6) is 0 Å². The van der Waals surface area contributed by atoms with Crippen molar-refractivity contribution in [2.75, 3.05) is 0 Å². The Morgan fingerprint density at radius 2 is 0.825 bits per heavy atom. The number of benzene rings is 8. The molecule has 0 bridgehead atoms. The first-order valence-electron chi connectivity index (χ1n) is 19.2. The van der Waals surface area contributed by atoms with Crippen molar-refractivity contribution in [2.45, 2.75) is 0 Å². The van der Waals surface area contributed by atoms with Gasteiger partial charge in [0.1, 0.15) is 0 Å². The molecule has 13 aromatic rings. The molecule has 0 atom stereocenters. The maximum Gasteiger partial charge on any atom is 0.238 e. The summed E-state index contributed by atoms with van der Waals surface area (Å²) in [4.78, 5) is 15.7. The van der Waals surface area contributed by atoms with Crippen LogP contribution in [0.15, 0.2) is 176 Å². The summed E-state index contributed by atoms with van der Waals surface area (Å²) < 4.78 is 7.40. The fourth-order valence-corrected chi connectivity index (χ4v) is 10.5. The highest BCUT2D eigenvalue weighted by molar-refractivity contribution is 7.26. The Labute approximate surface area is 329 Å². The SMILES string of the molecule is c1ccc(-c2nc(-c3ccccc3)nc(-n3c4ccccc4c4ccc5c6cccc7c8ccccc8c8cccc9sc%10cccc(c%10c98)n(c76)c5c43)n2)cc1. The standard InChI is InChI=1S/C51H29N5S/c1-3-14-30(15-4-1)49-52-50(31-16-5-2-6-17-31)54-51(53-49)56-40-24-10-9-20-34(40)38-28-29-39-37-23-11-22-36-33-19-8-7-18-32(33)35-21-12-26-42-44(35)45-41(25-13-27-43(45)57-42)55(46(36)37)47(39)48(38)56/h1-29H. The monoisotopic (exact) mass is 743 g/mol. The first kappa shape index (κ1) is 30.9. The molecule has 0 fully saturated rings. The topological polar surface area (TPSA) is 48.0 Å². The highest BCUT2D eigenvalue weighted by Gasteiger charge is 2.24. The molecule has 0 unspecified atom stereocenters. The average molecular weight is 744 g/mol. The zero-order valence-corrected chi connectivity index (χ0v) is 31.2. The molecule has 5 heterocycles. The summed E-state index contributed by atoms with van der Waals surface area (Å²) in [7, 11) is 0. The van der Waals surface area contributed by atoms with Gasteiger partial charge in [0.2, 0.25) is 5.95 Å². The van der Waals surface area contributed by atoms with Gasteiger partial charge in [-0.15, -0.1) is 11.3 Å². The van der Waals surface area contributed by atoms with Crippen LogP contribution in [0, 0.1) is 0 Å². The maximum absolute atomic E-state index is 5.32. The molecular weight excluding hydrogens is 715 g/mol. The van der Waals surface area contributed by atoms with Crippen LogP contribution in [0.2, 0.25) is 0 Å². The molecule has 0 aliphatic heterocycles. The fourth-order valence-electron chi connectivity index (χ4n) is 9.37. The quantitative estimate of drug-likeness (QED) is 0.181. The molecule has 8 aromatic carbocycles. The van der Waals surface area contributed by atoms with Crippen molar-refractivity contribution in [1.29, 1.82) is 0 Å². The molecule has 0 N–H and O–H groups in total.